The number of ether oxygens (including phenoxy) is 1. The second kappa shape index (κ2) is 6.32. The quantitative estimate of drug-likeness (QED) is 0.873. The van der Waals surface area contributed by atoms with Gasteiger partial charge >= 0.3 is 0 Å². The number of carbonyl (C=O) groups excluding carboxylic acids is 1. The molecule has 0 bridgehead atoms. The van der Waals surface area contributed by atoms with Crippen molar-refractivity contribution < 1.29 is 18.3 Å². The molecule has 1 saturated heterocycles. The van der Waals surface area contributed by atoms with Crippen molar-refractivity contribution in [2.75, 3.05) is 19.7 Å². The van der Waals surface area contributed by atoms with Crippen LogP contribution in [0.15, 0.2) is 40.8 Å². The fraction of sp³-hybridized carbons (Fsp3) is 0.353. The van der Waals surface area contributed by atoms with Crippen LogP contribution in [0.25, 0.3) is 11.3 Å². The molecule has 4 nitrogen and oxygen atoms in total. The number of halogens is 1. The van der Waals surface area contributed by atoms with Gasteiger partial charge in [-0.3, -0.25) is 4.79 Å². The smallest absolute Gasteiger partial charge is 0.289 e. The molecule has 1 aromatic heterocycles. The minimum absolute atomic E-state index is 0.0873. The third-order valence-corrected chi connectivity index (χ3v) is 3.83. The van der Waals surface area contributed by atoms with Crippen LogP contribution in [-0.4, -0.2) is 36.6 Å². The molecule has 1 aliphatic heterocycles. The fourth-order valence-electron chi connectivity index (χ4n) is 2.53. The second-order valence-corrected chi connectivity index (χ2v) is 5.32. The lowest BCUT2D eigenvalue weighted by atomic mass is 10.2. The van der Waals surface area contributed by atoms with Gasteiger partial charge in [0.05, 0.1) is 12.7 Å². The zero-order valence-corrected chi connectivity index (χ0v) is 12.4. The molecule has 0 unspecified atom stereocenters. The first kappa shape index (κ1) is 14.8. The molecule has 2 aromatic rings. The predicted molar refractivity (Wildman–Crippen MR) is 80.0 cm³/mol. The Balaban J connectivity index is 1.75. The van der Waals surface area contributed by atoms with Gasteiger partial charge in [0.1, 0.15) is 11.6 Å². The van der Waals surface area contributed by atoms with Crippen LogP contribution in [-0.2, 0) is 4.74 Å². The van der Waals surface area contributed by atoms with E-state index in [4.69, 9.17) is 9.15 Å². The number of hydrogen-bond acceptors (Lipinski definition) is 3. The van der Waals surface area contributed by atoms with Crippen molar-refractivity contribution in [2.45, 2.75) is 19.4 Å². The van der Waals surface area contributed by atoms with E-state index in [1.807, 2.05) is 6.92 Å². The Kier molecular flexibility index (Phi) is 4.24. The fourth-order valence-corrected chi connectivity index (χ4v) is 2.53. The van der Waals surface area contributed by atoms with Crippen molar-refractivity contribution in [1.82, 2.24) is 4.90 Å². The average molecular weight is 303 g/mol. The van der Waals surface area contributed by atoms with Gasteiger partial charge in [-0.15, -0.1) is 0 Å². The molecule has 22 heavy (non-hydrogen) atoms. The van der Waals surface area contributed by atoms with Gasteiger partial charge in [-0.2, -0.15) is 0 Å². The molecule has 1 fully saturated rings. The predicted octanol–water partition coefficient (Wildman–Crippen LogP) is 3.34. The summed E-state index contributed by atoms with van der Waals surface area (Å²) >= 11 is 0. The van der Waals surface area contributed by atoms with Crippen LogP contribution < -0.4 is 0 Å². The van der Waals surface area contributed by atoms with Crippen LogP contribution in [0.5, 0.6) is 0 Å². The molecule has 0 aliphatic carbocycles. The number of rotatable bonds is 3. The topological polar surface area (TPSA) is 42.7 Å². The van der Waals surface area contributed by atoms with Crippen molar-refractivity contribution in [1.29, 1.82) is 0 Å². The maximum atomic E-state index is 12.9. The van der Waals surface area contributed by atoms with E-state index in [1.54, 1.807) is 29.2 Å². The summed E-state index contributed by atoms with van der Waals surface area (Å²) in [7, 11) is 0. The van der Waals surface area contributed by atoms with Crippen LogP contribution in [0.3, 0.4) is 0 Å². The second-order valence-electron chi connectivity index (χ2n) is 5.32. The van der Waals surface area contributed by atoms with Crippen molar-refractivity contribution in [3.05, 3.63) is 48.0 Å². The highest BCUT2D eigenvalue weighted by Crippen LogP contribution is 2.23. The minimum atomic E-state index is -0.300. The molecule has 1 atom stereocenters. The highest BCUT2D eigenvalue weighted by atomic mass is 19.1. The molecule has 1 aromatic carbocycles. The van der Waals surface area contributed by atoms with Gasteiger partial charge in [0, 0.05) is 18.7 Å². The number of amides is 1. The molecular formula is C17H18FNO3. The summed E-state index contributed by atoms with van der Waals surface area (Å²) in [4.78, 5) is 14.2. The monoisotopic (exact) mass is 303 g/mol. The van der Waals surface area contributed by atoms with E-state index in [2.05, 4.69) is 0 Å². The summed E-state index contributed by atoms with van der Waals surface area (Å²) in [6, 6.07) is 9.39. The van der Waals surface area contributed by atoms with Crippen LogP contribution in [0.4, 0.5) is 4.39 Å². The summed E-state index contributed by atoms with van der Waals surface area (Å²) in [6.07, 6.45) is 0.965. The molecule has 0 spiro atoms. The first-order valence-corrected chi connectivity index (χ1v) is 7.44. The number of hydrogen-bond donors (Lipinski definition) is 0. The lowest BCUT2D eigenvalue weighted by Crippen LogP contribution is -2.45. The van der Waals surface area contributed by atoms with Crippen molar-refractivity contribution >= 4 is 5.91 Å². The maximum Gasteiger partial charge on any atom is 0.289 e. The Morgan fingerprint density at radius 2 is 2.05 bits per heavy atom. The highest BCUT2D eigenvalue weighted by molar-refractivity contribution is 5.92. The molecule has 1 amide bonds. The molecule has 3 rings (SSSR count). The summed E-state index contributed by atoms with van der Waals surface area (Å²) in [5, 5.41) is 0. The molecule has 1 aliphatic rings. The maximum absolute atomic E-state index is 12.9. The number of nitrogens with zero attached hydrogens (tertiary/aromatic N) is 1. The van der Waals surface area contributed by atoms with Gasteiger partial charge in [0.15, 0.2) is 5.76 Å². The number of benzene rings is 1. The van der Waals surface area contributed by atoms with E-state index in [9.17, 15) is 9.18 Å². The van der Waals surface area contributed by atoms with E-state index in [0.717, 1.165) is 12.0 Å². The molecule has 2 heterocycles. The average Bonchev–Trinajstić information content (AvgIpc) is 3.05. The van der Waals surface area contributed by atoms with Crippen LogP contribution in [0.1, 0.15) is 23.9 Å². The molecule has 0 saturated carbocycles. The molecule has 0 radical (unpaired) electrons. The zero-order valence-electron chi connectivity index (χ0n) is 12.4. The minimum Gasteiger partial charge on any atom is -0.451 e. The van der Waals surface area contributed by atoms with Gasteiger partial charge in [-0.05, 0) is 42.8 Å². The van der Waals surface area contributed by atoms with E-state index in [0.29, 0.717) is 31.2 Å². The Bertz CT molecular complexity index is 650. The van der Waals surface area contributed by atoms with E-state index < -0.39 is 0 Å². The van der Waals surface area contributed by atoms with E-state index >= 15 is 0 Å². The van der Waals surface area contributed by atoms with E-state index in [-0.39, 0.29) is 17.8 Å². The molecule has 0 N–H and O–H groups in total. The standard InChI is InChI=1S/C17H18FNO3/c1-2-14-11-19(9-10-21-14)17(20)16-8-7-15(22-16)12-3-5-13(18)6-4-12/h3-8,14H,2,9-11H2,1H3/t14-/m1/s1. The molecule has 5 heteroatoms. The van der Waals surface area contributed by atoms with Crippen LogP contribution >= 0.6 is 0 Å². The summed E-state index contributed by atoms with van der Waals surface area (Å²) in [5.74, 6) is 0.431. The highest BCUT2D eigenvalue weighted by Gasteiger charge is 2.26. The summed E-state index contributed by atoms with van der Waals surface area (Å²) < 4.78 is 24.2. The number of furan rings is 1. The van der Waals surface area contributed by atoms with Crippen LogP contribution in [0.2, 0.25) is 0 Å². The lowest BCUT2D eigenvalue weighted by molar-refractivity contribution is -0.0235. The third kappa shape index (κ3) is 3.04. The van der Waals surface area contributed by atoms with E-state index in [1.165, 1.54) is 12.1 Å². The Morgan fingerprint density at radius 1 is 1.27 bits per heavy atom. The Labute approximate surface area is 128 Å². The van der Waals surface area contributed by atoms with Gasteiger partial charge in [-0.1, -0.05) is 6.92 Å². The largest absolute Gasteiger partial charge is 0.451 e. The molecule has 116 valence electrons. The first-order valence-electron chi connectivity index (χ1n) is 7.44. The summed E-state index contributed by atoms with van der Waals surface area (Å²) in [5.41, 5.74) is 0.744. The van der Waals surface area contributed by atoms with Gasteiger partial charge in [-0.25, -0.2) is 4.39 Å². The zero-order chi connectivity index (χ0) is 15.5. The Morgan fingerprint density at radius 3 is 2.77 bits per heavy atom. The number of carbonyl (C=O) groups is 1. The van der Waals surface area contributed by atoms with Crippen molar-refractivity contribution in [3.63, 3.8) is 0 Å². The molecular weight excluding hydrogens is 285 g/mol. The normalized spacial score (nSPS) is 18.5. The van der Waals surface area contributed by atoms with Crippen molar-refractivity contribution in [2.24, 2.45) is 0 Å². The third-order valence-electron chi connectivity index (χ3n) is 3.83. The Hall–Kier alpha value is -2.14. The SMILES string of the molecule is CC[C@@H]1CN(C(=O)c2ccc(-c3ccc(F)cc3)o2)CCO1. The van der Waals surface area contributed by atoms with Crippen LogP contribution in [0, 0.1) is 5.82 Å². The van der Waals surface area contributed by atoms with Crippen molar-refractivity contribution in [3.8, 4) is 11.3 Å². The first-order chi connectivity index (χ1) is 10.7. The van der Waals surface area contributed by atoms with Gasteiger partial charge in [0.2, 0.25) is 0 Å². The number of morpholine rings is 1. The lowest BCUT2D eigenvalue weighted by Gasteiger charge is -2.31. The summed E-state index contributed by atoms with van der Waals surface area (Å²) in [6.45, 7) is 3.75. The van der Waals surface area contributed by atoms with Gasteiger partial charge in [0.25, 0.3) is 5.91 Å². The van der Waals surface area contributed by atoms with Gasteiger partial charge < -0.3 is 14.1 Å².